The van der Waals surface area contributed by atoms with Crippen LogP contribution in [0.3, 0.4) is 0 Å². The maximum atomic E-state index is 5.78. The molecule has 2 heterocycles. The molecule has 0 fully saturated rings. The van der Waals surface area contributed by atoms with Gasteiger partial charge in [0.15, 0.2) is 0 Å². The quantitative estimate of drug-likeness (QED) is 0.744. The van der Waals surface area contributed by atoms with E-state index in [1.807, 2.05) is 37.4 Å². The Kier molecular flexibility index (Phi) is 3.88. The van der Waals surface area contributed by atoms with Crippen molar-refractivity contribution in [1.82, 2.24) is 14.5 Å². The van der Waals surface area contributed by atoms with Crippen LogP contribution in [0.2, 0.25) is 5.15 Å². The fraction of sp³-hybridized carbons (Fsp3) is 0.125. The molecule has 0 radical (unpaired) electrons. The van der Waals surface area contributed by atoms with Crippen LogP contribution in [-0.2, 0) is 6.54 Å². The number of aryl methyl sites for hydroxylation is 1. The first kappa shape index (κ1) is 13.6. The van der Waals surface area contributed by atoms with Gasteiger partial charge in [-0.05, 0) is 31.2 Å². The average molecular weight is 299 g/mol. The van der Waals surface area contributed by atoms with Gasteiger partial charge < -0.3 is 5.32 Å². The van der Waals surface area contributed by atoms with Crippen LogP contribution >= 0.6 is 11.6 Å². The molecule has 0 aliphatic carbocycles. The molecule has 1 aromatic carbocycles. The lowest BCUT2D eigenvalue weighted by Crippen LogP contribution is -2.07. The van der Waals surface area contributed by atoms with Crippen LogP contribution in [0.5, 0.6) is 0 Å². The molecule has 0 atom stereocenters. The highest BCUT2D eigenvalue weighted by Gasteiger charge is 2.08. The number of benzene rings is 1. The number of nitrogens with zero attached hydrogens (tertiary/aromatic N) is 3. The molecule has 2 aromatic heterocycles. The van der Waals surface area contributed by atoms with Gasteiger partial charge in [-0.2, -0.15) is 0 Å². The lowest BCUT2D eigenvalue weighted by Gasteiger charge is -2.11. The van der Waals surface area contributed by atoms with Gasteiger partial charge in [0, 0.05) is 5.69 Å². The number of nitrogens with one attached hydrogen (secondary N) is 1. The van der Waals surface area contributed by atoms with E-state index in [1.54, 1.807) is 12.3 Å². The minimum Gasteiger partial charge on any atom is -0.378 e. The Morgan fingerprint density at radius 2 is 1.86 bits per heavy atom. The van der Waals surface area contributed by atoms with Gasteiger partial charge in [0.1, 0.15) is 11.0 Å². The van der Waals surface area contributed by atoms with Crippen molar-refractivity contribution in [2.75, 3.05) is 5.32 Å². The Balaban J connectivity index is 1.82. The summed E-state index contributed by atoms with van der Waals surface area (Å²) in [5.74, 6) is 0.965. The van der Waals surface area contributed by atoms with E-state index in [-0.39, 0.29) is 0 Å². The second-order valence-corrected chi connectivity index (χ2v) is 5.08. The number of hydrogen-bond acceptors (Lipinski definition) is 3. The fourth-order valence-electron chi connectivity index (χ4n) is 2.22. The summed E-state index contributed by atoms with van der Waals surface area (Å²) in [5.41, 5.74) is 3.13. The SMILES string of the molecule is Cc1ncc(CNc2ccc(Cl)nc2)n1-c1ccccc1. The number of pyridine rings is 1. The Bertz CT molecular complexity index is 720. The molecule has 21 heavy (non-hydrogen) atoms. The van der Waals surface area contributed by atoms with Gasteiger partial charge in [-0.3, -0.25) is 4.57 Å². The zero-order valence-corrected chi connectivity index (χ0v) is 12.4. The summed E-state index contributed by atoms with van der Waals surface area (Å²) in [6.07, 6.45) is 3.61. The van der Waals surface area contributed by atoms with Crippen LogP contribution in [0, 0.1) is 6.92 Å². The summed E-state index contributed by atoms with van der Waals surface area (Å²) in [6, 6.07) is 13.9. The second kappa shape index (κ2) is 5.97. The van der Waals surface area contributed by atoms with Crippen molar-refractivity contribution in [2.45, 2.75) is 13.5 Å². The first-order valence-corrected chi connectivity index (χ1v) is 7.06. The van der Waals surface area contributed by atoms with Crippen molar-refractivity contribution in [3.8, 4) is 5.69 Å². The number of halogens is 1. The Morgan fingerprint density at radius 3 is 2.57 bits per heavy atom. The Hall–Kier alpha value is -2.33. The molecular weight excluding hydrogens is 284 g/mol. The summed E-state index contributed by atoms with van der Waals surface area (Å²) in [4.78, 5) is 8.46. The van der Waals surface area contributed by atoms with Gasteiger partial charge >= 0.3 is 0 Å². The second-order valence-electron chi connectivity index (χ2n) is 4.69. The van der Waals surface area contributed by atoms with E-state index in [0.717, 1.165) is 22.9 Å². The molecule has 3 aromatic rings. The maximum absolute atomic E-state index is 5.78. The standard InChI is InChI=1S/C16H15ClN4/c1-12-18-10-15(21(12)14-5-3-2-4-6-14)11-19-13-7-8-16(17)20-9-13/h2-10,19H,11H2,1H3. The lowest BCUT2D eigenvalue weighted by molar-refractivity contribution is 0.899. The van der Waals surface area contributed by atoms with Gasteiger partial charge in [-0.1, -0.05) is 29.8 Å². The first-order valence-electron chi connectivity index (χ1n) is 6.68. The van der Waals surface area contributed by atoms with E-state index in [1.165, 1.54) is 0 Å². The van der Waals surface area contributed by atoms with Crippen molar-refractivity contribution >= 4 is 17.3 Å². The zero-order chi connectivity index (χ0) is 14.7. The van der Waals surface area contributed by atoms with E-state index in [9.17, 15) is 0 Å². The Morgan fingerprint density at radius 1 is 1.05 bits per heavy atom. The predicted octanol–water partition coefficient (Wildman–Crippen LogP) is 3.84. The molecule has 3 rings (SSSR count). The van der Waals surface area contributed by atoms with Crippen LogP contribution in [0.15, 0.2) is 54.9 Å². The molecule has 1 N–H and O–H groups in total. The van der Waals surface area contributed by atoms with Crippen molar-refractivity contribution in [3.05, 3.63) is 71.5 Å². The number of imidazole rings is 1. The summed E-state index contributed by atoms with van der Waals surface area (Å²) in [7, 11) is 0. The molecule has 5 heteroatoms. The highest BCUT2D eigenvalue weighted by molar-refractivity contribution is 6.29. The van der Waals surface area contributed by atoms with Crippen LogP contribution < -0.4 is 5.32 Å². The number of para-hydroxylation sites is 1. The third-order valence-corrected chi connectivity index (χ3v) is 3.45. The van der Waals surface area contributed by atoms with Crippen molar-refractivity contribution in [2.24, 2.45) is 0 Å². The normalized spacial score (nSPS) is 10.6. The van der Waals surface area contributed by atoms with Crippen molar-refractivity contribution in [1.29, 1.82) is 0 Å². The molecular formula is C16H15ClN4. The van der Waals surface area contributed by atoms with Crippen LogP contribution in [0.1, 0.15) is 11.5 Å². The molecule has 4 nitrogen and oxygen atoms in total. The van der Waals surface area contributed by atoms with Crippen LogP contribution in [0.25, 0.3) is 5.69 Å². The van der Waals surface area contributed by atoms with E-state index < -0.39 is 0 Å². The topological polar surface area (TPSA) is 42.7 Å². The van der Waals surface area contributed by atoms with E-state index in [4.69, 9.17) is 11.6 Å². The minimum absolute atomic E-state index is 0.491. The molecule has 0 aliphatic rings. The van der Waals surface area contributed by atoms with Crippen molar-refractivity contribution in [3.63, 3.8) is 0 Å². The summed E-state index contributed by atoms with van der Waals surface area (Å²) in [5, 5.41) is 3.82. The highest BCUT2D eigenvalue weighted by atomic mass is 35.5. The third-order valence-electron chi connectivity index (χ3n) is 3.23. The molecule has 106 valence electrons. The molecule has 0 saturated heterocycles. The fourth-order valence-corrected chi connectivity index (χ4v) is 2.33. The molecule has 0 aliphatic heterocycles. The number of anilines is 1. The lowest BCUT2D eigenvalue weighted by atomic mass is 10.3. The average Bonchev–Trinajstić information content (AvgIpc) is 2.88. The third kappa shape index (κ3) is 3.06. The van der Waals surface area contributed by atoms with Gasteiger partial charge in [-0.15, -0.1) is 0 Å². The summed E-state index contributed by atoms with van der Waals surface area (Å²) < 4.78 is 2.14. The van der Waals surface area contributed by atoms with E-state index in [2.05, 4.69) is 32.0 Å². The number of aromatic nitrogens is 3. The van der Waals surface area contributed by atoms with Crippen LogP contribution in [-0.4, -0.2) is 14.5 Å². The largest absolute Gasteiger partial charge is 0.378 e. The van der Waals surface area contributed by atoms with Gasteiger partial charge in [-0.25, -0.2) is 9.97 Å². The van der Waals surface area contributed by atoms with Gasteiger partial charge in [0.2, 0.25) is 0 Å². The van der Waals surface area contributed by atoms with E-state index in [0.29, 0.717) is 11.7 Å². The molecule has 0 spiro atoms. The molecule has 0 amide bonds. The molecule has 0 saturated carbocycles. The highest BCUT2D eigenvalue weighted by Crippen LogP contribution is 2.16. The molecule has 0 unspecified atom stereocenters. The number of rotatable bonds is 4. The van der Waals surface area contributed by atoms with Crippen molar-refractivity contribution < 1.29 is 0 Å². The summed E-state index contributed by atoms with van der Waals surface area (Å²) >= 11 is 5.78. The predicted molar refractivity (Wildman–Crippen MR) is 84.9 cm³/mol. The first-order chi connectivity index (χ1) is 10.2. The molecule has 0 bridgehead atoms. The maximum Gasteiger partial charge on any atom is 0.129 e. The monoisotopic (exact) mass is 298 g/mol. The van der Waals surface area contributed by atoms with E-state index >= 15 is 0 Å². The van der Waals surface area contributed by atoms with Crippen LogP contribution in [0.4, 0.5) is 5.69 Å². The summed E-state index contributed by atoms with van der Waals surface area (Å²) in [6.45, 7) is 2.67. The zero-order valence-electron chi connectivity index (χ0n) is 11.6. The smallest absolute Gasteiger partial charge is 0.129 e. The minimum atomic E-state index is 0.491. The van der Waals surface area contributed by atoms with Gasteiger partial charge in [0.05, 0.1) is 30.3 Å². The van der Waals surface area contributed by atoms with Gasteiger partial charge in [0.25, 0.3) is 0 Å². The number of hydrogen-bond donors (Lipinski definition) is 1. The Labute approximate surface area is 128 Å².